The van der Waals surface area contributed by atoms with Crippen LogP contribution in [0.15, 0.2) is 59.5 Å². The van der Waals surface area contributed by atoms with Crippen molar-refractivity contribution >= 4 is 27.8 Å². The van der Waals surface area contributed by atoms with Crippen molar-refractivity contribution in [3.05, 3.63) is 65.7 Å². The van der Waals surface area contributed by atoms with Gasteiger partial charge in [-0.15, -0.1) is 0 Å². The molecule has 2 N–H and O–H groups in total. The molecule has 2 aromatic rings. The van der Waals surface area contributed by atoms with Gasteiger partial charge in [-0.05, 0) is 23.8 Å². The molecule has 1 aliphatic heterocycles. The maximum Gasteiger partial charge on any atom is 0.328 e. The van der Waals surface area contributed by atoms with E-state index in [1.807, 2.05) is 30.3 Å². The number of nitrogens with one attached hydrogen (secondary N) is 2. The first kappa shape index (κ1) is 22.4. The van der Waals surface area contributed by atoms with E-state index in [9.17, 15) is 22.8 Å². The van der Waals surface area contributed by atoms with E-state index in [4.69, 9.17) is 4.74 Å². The molecule has 1 heterocycles. The van der Waals surface area contributed by atoms with Crippen molar-refractivity contribution in [2.45, 2.75) is 17.4 Å². The molecule has 2 amide bonds. The lowest BCUT2D eigenvalue weighted by Crippen LogP contribution is -2.49. The largest absolute Gasteiger partial charge is 0.467 e. The summed E-state index contributed by atoms with van der Waals surface area (Å²) in [6, 6.07) is 13.7. The Morgan fingerprint density at radius 3 is 2.58 bits per heavy atom. The van der Waals surface area contributed by atoms with Crippen LogP contribution in [0.4, 0.5) is 0 Å². The van der Waals surface area contributed by atoms with Gasteiger partial charge in [0.15, 0.2) is 0 Å². The highest BCUT2D eigenvalue weighted by Gasteiger charge is 2.30. The lowest BCUT2D eigenvalue weighted by molar-refractivity contribution is -0.142. The van der Waals surface area contributed by atoms with Crippen molar-refractivity contribution in [2.24, 2.45) is 0 Å². The molecule has 0 unspecified atom stereocenters. The SMILES string of the molecule is COC(=O)[C@@H](Cc1ccccc1)NC(=O)c1cccc(S(=O)(=O)N2CCNC(=O)C2)c1. The Morgan fingerprint density at radius 2 is 1.90 bits per heavy atom. The van der Waals surface area contributed by atoms with E-state index < -0.39 is 27.9 Å². The van der Waals surface area contributed by atoms with Gasteiger partial charge < -0.3 is 15.4 Å². The molecule has 2 aromatic carbocycles. The average molecular weight is 445 g/mol. The summed E-state index contributed by atoms with van der Waals surface area (Å²) in [6.45, 7) is 0.0881. The van der Waals surface area contributed by atoms with Gasteiger partial charge in [0, 0.05) is 25.1 Å². The quantitative estimate of drug-likeness (QED) is 0.592. The number of esters is 1. The van der Waals surface area contributed by atoms with Gasteiger partial charge in [-0.3, -0.25) is 9.59 Å². The highest BCUT2D eigenvalue weighted by Crippen LogP contribution is 2.18. The zero-order chi connectivity index (χ0) is 22.4. The molecule has 1 aliphatic rings. The van der Waals surface area contributed by atoms with Crippen LogP contribution < -0.4 is 10.6 Å². The Balaban J connectivity index is 1.79. The fourth-order valence-electron chi connectivity index (χ4n) is 3.19. The van der Waals surface area contributed by atoms with E-state index in [0.717, 1.165) is 9.87 Å². The van der Waals surface area contributed by atoms with Crippen LogP contribution in [0.1, 0.15) is 15.9 Å². The third-order valence-electron chi connectivity index (χ3n) is 4.81. The van der Waals surface area contributed by atoms with Crippen LogP contribution in [0.25, 0.3) is 0 Å². The highest BCUT2D eigenvalue weighted by atomic mass is 32.2. The van der Waals surface area contributed by atoms with Gasteiger partial charge >= 0.3 is 5.97 Å². The number of rotatable bonds is 7. The third kappa shape index (κ3) is 5.47. The molecule has 0 saturated carbocycles. The van der Waals surface area contributed by atoms with Crippen molar-refractivity contribution in [3.63, 3.8) is 0 Å². The summed E-state index contributed by atoms with van der Waals surface area (Å²) in [7, 11) is -2.72. The zero-order valence-corrected chi connectivity index (χ0v) is 17.7. The third-order valence-corrected chi connectivity index (χ3v) is 6.65. The number of carbonyl (C=O) groups excluding carboxylic acids is 3. The molecule has 164 valence electrons. The summed E-state index contributed by atoms with van der Waals surface area (Å²) in [5.41, 5.74) is 0.905. The molecule has 0 aliphatic carbocycles. The fraction of sp³-hybridized carbons (Fsp3) is 0.286. The first-order valence-electron chi connectivity index (χ1n) is 9.61. The number of benzene rings is 2. The number of hydrogen-bond acceptors (Lipinski definition) is 6. The van der Waals surface area contributed by atoms with Gasteiger partial charge in [-0.1, -0.05) is 36.4 Å². The van der Waals surface area contributed by atoms with Crippen LogP contribution in [-0.2, 0) is 30.8 Å². The van der Waals surface area contributed by atoms with E-state index in [2.05, 4.69) is 10.6 Å². The molecule has 1 saturated heterocycles. The number of hydrogen-bond donors (Lipinski definition) is 2. The maximum atomic E-state index is 12.9. The van der Waals surface area contributed by atoms with Crippen molar-refractivity contribution in [3.8, 4) is 0 Å². The second-order valence-electron chi connectivity index (χ2n) is 6.96. The normalized spacial score (nSPS) is 15.6. The summed E-state index contributed by atoms with van der Waals surface area (Å²) in [6.07, 6.45) is 0.222. The lowest BCUT2D eigenvalue weighted by atomic mass is 10.1. The Labute approximate surface area is 180 Å². The van der Waals surface area contributed by atoms with Gasteiger partial charge in [0.05, 0.1) is 18.6 Å². The van der Waals surface area contributed by atoms with Gasteiger partial charge in [0.1, 0.15) is 6.04 Å². The standard InChI is InChI=1S/C21H23N3O6S/c1-30-21(27)18(12-15-6-3-2-4-7-15)23-20(26)16-8-5-9-17(13-16)31(28,29)24-11-10-22-19(25)14-24/h2-9,13,18H,10-12,14H2,1H3,(H,22,25)(H,23,26)/t18-/m1/s1. The molecule has 9 nitrogen and oxygen atoms in total. The molecule has 0 bridgehead atoms. The van der Waals surface area contributed by atoms with E-state index >= 15 is 0 Å². The van der Waals surface area contributed by atoms with Gasteiger partial charge in [-0.25, -0.2) is 13.2 Å². The molecule has 10 heteroatoms. The Bertz CT molecular complexity index is 1070. The topological polar surface area (TPSA) is 122 Å². The Hall–Kier alpha value is -3.24. The lowest BCUT2D eigenvalue weighted by Gasteiger charge is -2.26. The molecular weight excluding hydrogens is 422 g/mol. The van der Waals surface area contributed by atoms with E-state index in [1.54, 1.807) is 0 Å². The predicted octanol–water partition coefficient (Wildman–Crippen LogP) is 0.321. The smallest absolute Gasteiger partial charge is 0.328 e. The molecular formula is C21H23N3O6S. The molecule has 0 aromatic heterocycles. The highest BCUT2D eigenvalue weighted by molar-refractivity contribution is 7.89. The van der Waals surface area contributed by atoms with Crippen LogP contribution in [0.5, 0.6) is 0 Å². The minimum Gasteiger partial charge on any atom is -0.467 e. The Kier molecular flexibility index (Phi) is 7.03. The summed E-state index contributed by atoms with van der Waals surface area (Å²) in [4.78, 5) is 36.4. The zero-order valence-electron chi connectivity index (χ0n) is 16.9. The van der Waals surface area contributed by atoms with Crippen LogP contribution in [-0.4, -0.2) is 63.3 Å². The Morgan fingerprint density at radius 1 is 1.16 bits per heavy atom. The maximum absolute atomic E-state index is 12.9. The second-order valence-corrected chi connectivity index (χ2v) is 8.89. The number of sulfonamides is 1. The van der Waals surface area contributed by atoms with Gasteiger partial charge in [0.2, 0.25) is 15.9 Å². The minimum atomic E-state index is -3.95. The van der Waals surface area contributed by atoms with Crippen molar-refractivity contribution in [1.82, 2.24) is 14.9 Å². The first-order valence-corrected chi connectivity index (χ1v) is 11.0. The number of amides is 2. The summed E-state index contributed by atoms with van der Waals surface area (Å²) >= 11 is 0. The second kappa shape index (κ2) is 9.71. The van der Waals surface area contributed by atoms with Gasteiger partial charge in [0.25, 0.3) is 5.91 Å². The number of piperazine rings is 1. The fourth-order valence-corrected chi connectivity index (χ4v) is 4.64. The first-order chi connectivity index (χ1) is 14.8. The number of methoxy groups -OCH3 is 1. The van der Waals surface area contributed by atoms with Crippen LogP contribution >= 0.6 is 0 Å². The van der Waals surface area contributed by atoms with Gasteiger partial charge in [-0.2, -0.15) is 4.31 Å². The van der Waals surface area contributed by atoms with E-state index in [1.165, 1.54) is 31.4 Å². The summed E-state index contributed by atoms with van der Waals surface area (Å²) in [5, 5.41) is 5.18. The van der Waals surface area contributed by atoms with Crippen molar-refractivity contribution in [1.29, 1.82) is 0 Å². The molecule has 1 atom stereocenters. The van der Waals surface area contributed by atoms with E-state index in [-0.39, 0.29) is 42.4 Å². The number of nitrogens with zero attached hydrogens (tertiary/aromatic N) is 1. The van der Waals surface area contributed by atoms with Crippen LogP contribution in [0.3, 0.4) is 0 Å². The van der Waals surface area contributed by atoms with Crippen LogP contribution in [0, 0.1) is 0 Å². The predicted molar refractivity (Wildman–Crippen MR) is 112 cm³/mol. The van der Waals surface area contributed by atoms with Crippen molar-refractivity contribution in [2.75, 3.05) is 26.7 Å². The monoisotopic (exact) mass is 445 g/mol. The molecule has 0 radical (unpaired) electrons. The molecule has 1 fully saturated rings. The molecule has 3 rings (SSSR count). The summed E-state index contributed by atoms with van der Waals surface area (Å²) in [5.74, 6) is -1.61. The van der Waals surface area contributed by atoms with Crippen molar-refractivity contribution < 1.29 is 27.5 Å². The summed E-state index contributed by atoms with van der Waals surface area (Å²) < 4.78 is 31.6. The minimum absolute atomic E-state index is 0.0736. The molecule has 31 heavy (non-hydrogen) atoms. The van der Waals surface area contributed by atoms with Crippen LogP contribution in [0.2, 0.25) is 0 Å². The molecule has 0 spiro atoms. The van der Waals surface area contributed by atoms with E-state index in [0.29, 0.717) is 0 Å². The number of carbonyl (C=O) groups is 3. The number of ether oxygens (including phenoxy) is 1. The average Bonchev–Trinajstić information content (AvgIpc) is 2.78.